The first-order chi connectivity index (χ1) is 4.09. The van der Waals surface area contributed by atoms with Gasteiger partial charge in [-0.2, -0.15) is 5.26 Å². The molecule has 0 aromatic heterocycles. The lowest BCUT2D eigenvalue weighted by Crippen LogP contribution is -1.96. The van der Waals surface area contributed by atoms with E-state index >= 15 is 0 Å². The predicted molar refractivity (Wildman–Crippen MR) is 31.6 cm³/mol. The predicted octanol–water partition coefficient (Wildman–Crippen LogP) is 0.931. The Morgan fingerprint density at radius 1 is 1.56 bits per heavy atom. The molecule has 0 saturated heterocycles. The fraction of sp³-hybridized carbons (Fsp3) is 0.333. The van der Waals surface area contributed by atoms with Crippen LogP contribution in [0, 0.1) is 11.3 Å². The van der Waals surface area contributed by atoms with Crippen molar-refractivity contribution in [2.24, 2.45) is 0 Å². The summed E-state index contributed by atoms with van der Waals surface area (Å²) in [5.74, 6) is -0.623. The highest BCUT2D eigenvalue weighted by molar-refractivity contribution is 5.97. The van der Waals surface area contributed by atoms with Crippen LogP contribution in [0.15, 0.2) is 11.3 Å². The zero-order valence-electron chi connectivity index (χ0n) is 5.30. The number of carbonyl (C=O) groups is 1. The molecule has 0 amide bonds. The molecule has 0 aliphatic carbocycles. The fourth-order valence-electron chi connectivity index (χ4n) is 0.414. The third-order valence-electron chi connectivity index (χ3n) is 0.826. The fourth-order valence-corrected chi connectivity index (χ4v) is 0.414. The Kier molecular flexibility index (Phi) is 2.46. The second-order valence-corrected chi connectivity index (χ2v) is 1.63. The zero-order valence-corrected chi connectivity index (χ0v) is 5.30. The smallest absolute Gasteiger partial charge is 0.173 e. The van der Waals surface area contributed by atoms with E-state index in [-0.39, 0.29) is 11.3 Å². The monoisotopic (exact) mass is 125 g/mol. The molecule has 0 heterocycles. The maximum atomic E-state index is 10.4. The number of nitrogens with zero attached hydrogens (tertiary/aromatic N) is 1. The molecule has 0 radical (unpaired) electrons. The number of aliphatic hydroxyl groups is 1. The standard InChI is InChI=1S/C6H7NO2/c1-4(8)6(3-7)5(2)9/h8H,1-2H3/b6-4-. The minimum Gasteiger partial charge on any atom is -0.511 e. The third kappa shape index (κ3) is 1.96. The Labute approximate surface area is 53.2 Å². The van der Waals surface area contributed by atoms with E-state index < -0.39 is 5.78 Å². The van der Waals surface area contributed by atoms with Crippen molar-refractivity contribution in [3.8, 4) is 6.07 Å². The van der Waals surface area contributed by atoms with Crippen LogP contribution in [0.1, 0.15) is 13.8 Å². The highest BCUT2D eigenvalue weighted by atomic mass is 16.3. The molecule has 3 nitrogen and oxygen atoms in total. The number of allylic oxidation sites excluding steroid dienone is 2. The van der Waals surface area contributed by atoms with Gasteiger partial charge in [-0.1, -0.05) is 0 Å². The molecule has 0 bridgehead atoms. The minimum atomic E-state index is -0.405. The van der Waals surface area contributed by atoms with E-state index in [1.807, 2.05) is 0 Å². The number of hydrogen-bond acceptors (Lipinski definition) is 3. The van der Waals surface area contributed by atoms with Crippen LogP contribution in [0.2, 0.25) is 0 Å². The van der Waals surface area contributed by atoms with Crippen molar-refractivity contribution in [2.75, 3.05) is 0 Å². The summed E-state index contributed by atoms with van der Waals surface area (Å²) in [4.78, 5) is 10.4. The lowest BCUT2D eigenvalue weighted by atomic mass is 10.2. The van der Waals surface area contributed by atoms with Gasteiger partial charge in [0.15, 0.2) is 5.78 Å². The van der Waals surface area contributed by atoms with Gasteiger partial charge in [0, 0.05) is 0 Å². The molecule has 0 unspecified atom stereocenters. The molecule has 1 N–H and O–H groups in total. The van der Waals surface area contributed by atoms with E-state index in [1.54, 1.807) is 6.07 Å². The third-order valence-corrected chi connectivity index (χ3v) is 0.826. The number of Topliss-reactive ketones (excluding diaryl/α,β-unsaturated/α-hetero) is 1. The number of carbonyl (C=O) groups excluding carboxylic acids is 1. The Morgan fingerprint density at radius 2 is 2.00 bits per heavy atom. The summed E-state index contributed by atoms with van der Waals surface area (Å²) < 4.78 is 0. The molecular weight excluding hydrogens is 118 g/mol. The van der Waals surface area contributed by atoms with Gasteiger partial charge >= 0.3 is 0 Å². The van der Waals surface area contributed by atoms with E-state index in [2.05, 4.69) is 0 Å². The maximum absolute atomic E-state index is 10.4. The highest BCUT2D eigenvalue weighted by Crippen LogP contribution is 1.98. The Balaban J connectivity index is 4.62. The number of hydrogen-bond donors (Lipinski definition) is 1. The van der Waals surface area contributed by atoms with Gasteiger partial charge in [-0.3, -0.25) is 4.79 Å². The van der Waals surface area contributed by atoms with Gasteiger partial charge in [-0.25, -0.2) is 0 Å². The summed E-state index contributed by atoms with van der Waals surface area (Å²) >= 11 is 0. The van der Waals surface area contributed by atoms with Gasteiger partial charge in [-0.15, -0.1) is 0 Å². The topological polar surface area (TPSA) is 61.1 Å². The van der Waals surface area contributed by atoms with Crippen LogP contribution in [0.4, 0.5) is 0 Å². The van der Waals surface area contributed by atoms with E-state index in [1.165, 1.54) is 13.8 Å². The molecule has 3 heteroatoms. The second-order valence-electron chi connectivity index (χ2n) is 1.63. The van der Waals surface area contributed by atoms with Gasteiger partial charge in [0.05, 0.1) is 0 Å². The molecule has 0 aliphatic rings. The van der Waals surface area contributed by atoms with Gasteiger partial charge in [0.25, 0.3) is 0 Å². The summed E-state index contributed by atoms with van der Waals surface area (Å²) in [6.45, 7) is 2.54. The summed E-state index contributed by atoms with van der Waals surface area (Å²) in [7, 11) is 0. The van der Waals surface area contributed by atoms with Gasteiger partial charge < -0.3 is 5.11 Å². The van der Waals surface area contributed by atoms with Crippen LogP contribution in [0.5, 0.6) is 0 Å². The van der Waals surface area contributed by atoms with Crippen LogP contribution < -0.4 is 0 Å². The van der Waals surface area contributed by atoms with Crippen LogP contribution in [0.25, 0.3) is 0 Å². The van der Waals surface area contributed by atoms with Gasteiger partial charge in [-0.05, 0) is 13.8 Å². The quantitative estimate of drug-likeness (QED) is 0.322. The molecule has 0 aliphatic heterocycles. The van der Waals surface area contributed by atoms with E-state index in [0.717, 1.165) is 0 Å². The lowest BCUT2D eigenvalue weighted by molar-refractivity contribution is -0.113. The van der Waals surface area contributed by atoms with Crippen molar-refractivity contribution < 1.29 is 9.90 Å². The molecule has 0 aromatic rings. The summed E-state index contributed by atoms with van der Waals surface area (Å²) in [5.41, 5.74) is -0.171. The Bertz CT molecular complexity index is 194. The van der Waals surface area contributed by atoms with Crippen molar-refractivity contribution in [1.82, 2.24) is 0 Å². The molecule has 0 rings (SSSR count). The average Bonchev–Trinajstić information content (AvgIpc) is 1.64. The first-order valence-corrected chi connectivity index (χ1v) is 2.40. The largest absolute Gasteiger partial charge is 0.511 e. The molecular formula is C6H7NO2. The van der Waals surface area contributed by atoms with E-state index in [0.29, 0.717) is 0 Å². The molecule has 0 saturated carbocycles. The lowest BCUT2D eigenvalue weighted by Gasteiger charge is -1.89. The van der Waals surface area contributed by atoms with Crippen molar-refractivity contribution in [2.45, 2.75) is 13.8 Å². The Morgan fingerprint density at radius 3 is 2.00 bits per heavy atom. The zero-order chi connectivity index (χ0) is 7.44. The minimum absolute atomic E-state index is 0.171. The number of aliphatic hydroxyl groups excluding tert-OH is 1. The first kappa shape index (κ1) is 7.70. The Hall–Kier alpha value is -1.30. The molecule has 9 heavy (non-hydrogen) atoms. The van der Waals surface area contributed by atoms with Gasteiger partial charge in [0.2, 0.25) is 0 Å². The van der Waals surface area contributed by atoms with E-state index in [9.17, 15) is 4.79 Å². The van der Waals surface area contributed by atoms with Gasteiger partial charge in [0.1, 0.15) is 17.4 Å². The van der Waals surface area contributed by atoms with E-state index in [4.69, 9.17) is 10.4 Å². The van der Waals surface area contributed by atoms with Crippen molar-refractivity contribution in [3.05, 3.63) is 11.3 Å². The number of rotatable bonds is 1. The normalized spacial score (nSPS) is 11.7. The van der Waals surface area contributed by atoms with Crippen LogP contribution >= 0.6 is 0 Å². The average molecular weight is 125 g/mol. The number of nitriles is 1. The molecule has 0 spiro atoms. The van der Waals surface area contributed by atoms with Crippen LogP contribution in [-0.4, -0.2) is 10.9 Å². The van der Waals surface area contributed by atoms with Crippen molar-refractivity contribution in [3.63, 3.8) is 0 Å². The summed E-state index contributed by atoms with van der Waals surface area (Å²) in [6, 6.07) is 1.58. The highest BCUT2D eigenvalue weighted by Gasteiger charge is 2.04. The SMILES string of the molecule is CC(=O)/C(C#N)=C(/C)O. The first-order valence-electron chi connectivity index (χ1n) is 2.40. The molecule has 0 atom stereocenters. The molecule has 0 fully saturated rings. The van der Waals surface area contributed by atoms with Crippen LogP contribution in [-0.2, 0) is 4.79 Å². The summed E-state index contributed by atoms with van der Waals surface area (Å²) in [5, 5.41) is 16.8. The maximum Gasteiger partial charge on any atom is 0.173 e. The van der Waals surface area contributed by atoms with Crippen molar-refractivity contribution in [1.29, 1.82) is 5.26 Å². The summed E-state index contributed by atoms with van der Waals surface area (Å²) in [6.07, 6.45) is 0. The second kappa shape index (κ2) is 2.88. The molecule has 0 aromatic carbocycles. The number of ketones is 1. The van der Waals surface area contributed by atoms with Crippen LogP contribution in [0.3, 0.4) is 0 Å². The van der Waals surface area contributed by atoms with Crippen molar-refractivity contribution >= 4 is 5.78 Å². The molecule has 48 valence electrons.